The van der Waals surface area contributed by atoms with Gasteiger partial charge in [-0.25, -0.2) is 4.98 Å². The number of amides is 1. The third-order valence-corrected chi connectivity index (χ3v) is 4.24. The number of methoxy groups -OCH3 is 2. The number of ether oxygens (including phenoxy) is 2. The Balaban J connectivity index is 2.04. The number of rotatable bonds is 6. The summed E-state index contributed by atoms with van der Waals surface area (Å²) in [5.74, 6) is 0.215. The molecule has 0 atom stereocenters. The van der Waals surface area contributed by atoms with Gasteiger partial charge in [0.2, 0.25) is 5.91 Å². The lowest BCUT2D eigenvalue weighted by Crippen LogP contribution is -2.09. The molecule has 1 heterocycles. The molecule has 0 saturated carbocycles. The molecule has 3 aromatic rings. The van der Waals surface area contributed by atoms with Crippen molar-refractivity contribution in [2.75, 3.05) is 24.9 Å². The van der Waals surface area contributed by atoms with Crippen molar-refractivity contribution < 1.29 is 27.4 Å². The van der Waals surface area contributed by atoms with E-state index in [0.717, 1.165) is 12.1 Å². The van der Waals surface area contributed by atoms with E-state index >= 15 is 0 Å². The van der Waals surface area contributed by atoms with Crippen LogP contribution in [-0.4, -0.2) is 25.1 Å². The van der Waals surface area contributed by atoms with E-state index < -0.39 is 17.6 Å². The number of aromatic nitrogens is 1. The number of benzene rings is 2. The van der Waals surface area contributed by atoms with E-state index in [1.54, 1.807) is 12.1 Å². The van der Waals surface area contributed by atoms with E-state index in [0.29, 0.717) is 22.9 Å². The third kappa shape index (κ3) is 4.45. The molecule has 0 bridgehead atoms. The minimum absolute atomic E-state index is 0.00819. The molecule has 0 spiro atoms. The highest BCUT2D eigenvalue weighted by atomic mass is 19.4. The molecule has 0 saturated heterocycles. The maximum absolute atomic E-state index is 13.6. The van der Waals surface area contributed by atoms with Crippen molar-refractivity contribution in [3.05, 3.63) is 60.7 Å². The number of carbonyl (C=O) groups is 1. The van der Waals surface area contributed by atoms with Crippen LogP contribution in [0.15, 0.2) is 55.1 Å². The van der Waals surface area contributed by atoms with Crippen LogP contribution in [0.4, 0.5) is 30.4 Å². The van der Waals surface area contributed by atoms with Crippen LogP contribution in [0.1, 0.15) is 5.56 Å². The fourth-order valence-corrected chi connectivity index (χ4v) is 2.85. The Morgan fingerprint density at radius 2 is 1.87 bits per heavy atom. The highest BCUT2D eigenvalue weighted by molar-refractivity contribution is 6.00. The number of alkyl halides is 3. The van der Waals surface area contributed by atoms with Crippen molar-refractivity contribution >= 4 is 34.0 Å². The number of hydrogen-bond acceptors (Lipinski definition) is 5. The Bertz CT molecular complexity index is 1110. The molecule has 0 aliphatic heterocycles. The molecular formula is C21H18F3N3O3. The van der Waals surface area contributed by atoms with Gasteiger partial charge in [0.15, 0.2) is 0 Å². The van der Waals surface area contributed by atoms with Crippen LogP contribution >= 0.6 is 0 Å². The first kappa shape index (κ1) is 21.0. The summed E-state index contributed by atoms with van der Waals surface area (Å²) in [6, 6.07) is 9.90. The van der Waals surface area contributed by atoms with Gasteiger partial charge >= 0.3 is 6.18 Å². The van der Waals surface area contributed by atoms with Crippen LogP contribution in [0.25, 0.3) is 10.9 Å². The van der Waals surface area contributed by atoms with E-state index in [9.17, 15) is 18.0 Å². The molecule has 30 heavy (non-hydrogen) atoms. The third-order valence-electron chi connectivity index (χ3n) is 4.24. The largest absolute Gasteiger partial charge is 0.497 e. The number of fused-ring (bicyclic) bond motifs is 1. The quantitative estimate of drug-likeness (QED) is 0.544. The molecule has 0 aliphatic carbocycles. The molecule has 2 aromatic carbocycles. The van der Waals surface area contributed by atoms with Gasteiger partial charge in [0.25, 0.3) is 0 Å². The fourth-order valence-electron chi connectivity index (χ4n) is 2.85. The monoisotopic (exact) mass is 417 g/mol. The molecule has 0 radical (unpaired) electrons. The van der Waals surface area contributed by atoms with E-state index in [4.69, 9.17) is 9.47 Å². The van der Waals surface area contributed by atoms with Crippen molar-refractivity contribution in [2.24, 2.45) is 0 Å². The fraction of sp³-hybridized carbons (Fsp3) is 0.143. The van der Waals surface area contributed by atoms with Crippen LogP contribution in [0.5, 0.6) is 11.5 Å². The van der Waals surface area contributed by atoms with Gasteiger partial charge in [-0.3, -0.25) is 4.79 Å². The number of hydrogen-bond donors (Lipinski definition) is 2. The molecule has 0 unspecified atom stereocenters. The minimum atomic E-state index is -4.59. The topological polar surface area (TPSA) is 72.5 Å². The Morgan fingerprint density at radius 1 is 1.10 bits per heavy atom. The van der Waals surface area contributed by atoms with Crippen LogP contribution in [-0.2, 0) is 11.0 Å². The normalized spacial score (nSPS) is 11.1. The number of halogens is 3. The van der Waals surface area contributed by atoms with Crippen molar-refractivity contribution in [3.63, 3.8) is 0 Å². The first-order valence-corrected chi connectivity index (χ1v) is 8.69. The molecule has 156 valence electrons. The average Bonchev–Trinajstić information content (AvgIpc) is 2.72. The molecule has 0 aliphatic rings. The van der Waals surface area contributed by atoms with Gasteiger partial charge in [0, 0.05) is 11.1 Å². The number of pyridine rings is 1. The van der Waals surface area contributed by atoms with Crippen LogP contribution in [0.2, 0.25) is 0 Å². The summed E-state index contributed by atoms with van der Waals surface area (Å²) in [7, 11) is 2.81. The summed E-state index contributed by atoms with van der Waals surface area (Å²) in [5, 5.41) is 5.36. The highest BCUT2D eigenvalue weighted by Crippen LogP contribution is 2.38. The second-order valence-electron chi connectivity index (χ2n) is 6.17. The Labute approximate surface area is 170 Å². The number of nitrogens with one attached hydrogen (secondary N) is 2. The van der Waals surface area contributed by atoms with Crippen LogP contribution < -0.4 is 20.1 Å². The Hall–Kier alpha value is -3.75. The van der Waals surface area contributed by atoms with Gasteiger partial charge in [-0.1, -0.05) is 6.58 Å². The Kier molecular flexibility index (Phi) is 5.81. The van der Waals surface area contributed by atoms with Crippen molar-refractivity contribution in [1.29, 1.82) is 0 Å². The minimum Gasteiger partial charge on any atom is -0.497 e. The van der Waals surface area contributed by atoms with Gasteiger partial charge in [-0.05, 0) is 48.5 Å². The summed E-state index contributed by atoms with van der Waals surface area (Å²) in [5.41, 5.74) is 0.0436. The second kappa shape index (κ2) is 8.32. The highest BCUT2D eigenvalue weighted by Gasteiger charge is 2.33. The van der Waals surface area contributed by atoms with Crippen molar-refractivity contribution in [2.45, 2.75) is 6.18 Å². The predicted octanol–water partition coefficient (Wildman–Crippen LogP) is 5.14. The molecule has 0 fully saturated rings. The number of nitrogens with zero attached hydrogens (tertiary/aromatic N) is 1. The summed E-state index contributed by atoms with van der Waals surface area (Å²) >= 11 is 0. The first-order chi connectivity index (χ1) is 14.2. The van der Waals surface area contributed by atoms with E-state index in [2.05, 4.69) is 22.2 Å². The van der Waals surface area contributed by atoms with E-state index in [-0.39, 0.29) is 16.7 Å². The Morgan fingerprint density at radius 3 is 2.50 bits per heavy atom. The summed E-state index contributed by atoms with van der Waals surface area (Å²) in [4.78, 5) is 15.9. The summed E-state index contributed by atoms with van der Waals surface area (Å²) in [6.45, 7) is 3.38. The van der Waals surface area contributed by atoms with E-state index in [1.807, 2.05) is 0 Å². The lowest BCUT2D eigenvalue weighted by molar-refractivity contribution is -0.136. The zero-order valence-corrected chi connectivity index (χ0v) is 16.1. The average molecular weight is 417 g/mol. The number of anilines is 3. The maximum atomic E-state index is 13.6. The van der Waals surface area contributed by atoms with Crippen molar-refractivity contribution in [1.82, 2.24) is 4.98 Å². The lowest BCUT2D eigenvalue weighted by Gasteiger charge is -2.15. The zero-order valence-electron chi connectivity index (χ0n) is 16.1. The van der Waals surface area contributed by atoms with Crippen LogP contribution in [0.3, 0.4) is 0 Å². The first-order valence-electron chi connectivity index (χ1n) is 8.69. The molecule has 1 amide bonds. The van der Waals surface area contributed by atoms with Gasteiger partial charge < -0.3 is 20.1 Å². The molecule has 3 rings (SSSR count). The van der Waals surface area contributed by atoms with Crippen molar-refractivity contribution in [3.8, 4) is 11.5 Å². The van der Waals surface area contributed by atoms with E-state index in [1.165, 1.54) is 38.5 Å². The SMILES string of the molecule is C=CC(=O)Nc1cc(Nc2cc(C(F)(F)F)c3cc(OC)ccc3n2)ccc1OC. The molecule has 9 heteroatoms. The summed E-state index contributed by atoms with van der Waals surface area (Å²) < 4.78 is 51.2. The number of carbonyl (C=O) groups excluding carboxylic acids is 1. The molecule has 2 N–H and O–H groups in total. The van der Waals surface area contributed by atoms with Gasteiger partial charge in [-0.2, -0.15) is 13.2 Å². The van der Waals surface area contributed by atoms with Crippen LogP contribution in [0, 0.1) is 0 Å². The van der Waals surface area contributed by atoms with Gasteiger partial charge in [0.05, 0.1) is 31.0 Å². The second-order valence-corrected chi connectivity index (χ2v) is 6.17. The molecular weight excluding hydrogens is 399 g/mol. The predicted molar refractivity (Wildman–Crippen MR) is 108 cm³/mol. The standard InChI is InChI=1S/C21H18F3N3O3/c1-4-20(28)27-17-9-12(5-8-18(17)30-3)25-19-11-15(21(22,23)24)14-10-13(29-2)6-7-16(14)26-19/h4-11H,1H2,2-3H3,(H,25,26)(H,27,28). The zero-order chi connectivity index (χ0) is 21.9. The summed E-state index contributed by atoms with van der Waals surface area (Å²) in [6.07, 6.45) is -3.50. The smallest absolute Gasteiger partial charge is 0.417 e. The van der Waals surface area contributed by atoms with Gasteiger partial charge in [0.1, 0.15) is 17.3 Å². The lowest BCUT2D eigenvalue weighted by atomic mass is 10.1. The maximum Gasteiger partial charge on any atom is 0.417 e. The van der Waals surface area contributed by atoms with Gasteiger partial charge in [-0.15, -0.1) is 0 Å². The molecule has 1 aromatic heterocycles. The molecule has 6 nitrogen and oxygen atoms in total.